The molecule has 0 atom stereocenters. The predicted octanol–water partition coefficient (Wildman–Crippen LogP) is 25.7. The van der Waals surface area contributed by atoms with E-state index in [9.17, 15) is 0 Å². The fourth-order valence-corrected chi connectivity index (χ4v) is 19.9. The molecule has 5 aromatic carbocycles. The van der Waals surface area contributed by atoms with Crippen LogP contribution in [-0.4, -0.2) is 0 Å². The van der Waals surface area contributed by atoms with Crippen molar-refractivity contribution >= 4 is 0 Å². The number of aromatic nitrogens is 5. The number of fused-ring (bicyclic) bond motifs is 5. The largest absolute Gasteiger partial charge is 0.212 e. The van der Waals surface area contributed by atoms with Gasteiger partial charge in [0.25, 0.3) is 0 Å². The normalized spacial score (nSPS) is 19.1. The van der Waals surface area contributed by atoms with Gasteiger partial charge in [-0.1, -0.05) is 180 Å². The van der Waals surface area contributed by atoms with Crippen molar-refractivity contribution in [3.05, 3.63) is 264 Å². The Kier molecular flexibility index (Phi) is 22.9. The fraction of sp³-hybridized carbons (Fsp3) is 0.500. The first-order valence-corrected chi connectivity index (χ1v) is 43.5. The standard InChI is InChI=1S/C23H32N.3C22H30N.C21H28N/c1-15-12-21(24(8)14-17(15)3)18-13-20-19(11-16(18)2)22(4,5)9-10-23(20,6)7;2*1-15-8-9-20(23(7)14-15)17-13-19-18(12-16(17)2)21(3,4)10-11-22(19,5)6;1-15-8-9-17(16(2)12-15)20-13-18-19(14-23(20)7)22(5,6)11-10-21(18,3)4;1-15-13-17-18(21(4,5)11-10-20(17,2)3)14-16(15)19-9-7-8-12-22(19)6/h11-14H,9-10H2,1-8H3;3*8-9,12-14H,10-11H2,1-7H3;7-9,12-14H,10-11H2,1-6H3/q5*+1/i;1D3;;;. The van der Waals surface area contributed by atoms with Crippen molar-refractivity contribution in [2.24, 2.45) is 35.2 Å². The smallest absolute Gasteiger partial charge is 0.201 e. The summed E-state index contributed by atoms with van der Waals surface area (Å²) in [6, 6.07) is 45.6. The number of rotatable bonds is 5. The summed E-state index contributed by atoms with van der Waals surface area (Å²) in [5, 5.41) is 0. The van der Waals surface area contributed by atoms with Gasteiger partial charge in [0.05, 0.1) is 0 Å². The Hall–Kier alpha value is -8.15. The number of hydrogen-bond acceptors (Lipinski definition) is 0. The third-order valence-electron chi connectivity index (χ3n) is 28.9. The molecule has 0 N–H and O–H groups in total. The van der Waals surface area contributed by atoms with Crippen molar-refractivity contribution in [3.8, 4) is 56.3 Å². The molecule has 115 heavy (non-hydrogen) atoms. The van der Waals surface area contributed by atoms with Gasteiger partial charge in [-0.3, -0.25) is 0 Å². The van der Waals surface area contributed by atoms with Crippen LogP contribution in [0.25, 0.3) is 56.3 Å². The number of benzene rings is 5. The number of aryl methyl sites for hydroxylation is 15. The molecule has 0 spiro atoms. The van der Waals surface area contributed by atoms with Crippen LogP contribution in [0.2, 0.25) is 0 Å². The average molecular weight is 1550 g/mol. The van der Waals surface area contributed by atoms with Crippen LogP contribution in [-0.2, 0) is 89.4 Å². The van der Waals surface area contributed by atoms with E-state index >= 15 is 0 Å². The molecular weight excluding hydrogens is 1390 g/mol. The van der Waals surface area contributed by atoms with Crippen LogP contribution in [0.1, 0.15) is 318 Å². The second-order valence-electron chi connectivity index (χ2n) is 43.1. The fourth-order valence-electron chi connectivity index (χ4n) is 19.9. The number of pyridine rings is 5. The summed E-state index contributed by atoms with van der Waals surface area (Å²) in [7, 11) is 10.6. The highest BCUT2D eigenvalue weighted by Crippen LogP contribution is 2.53. The zero-order chi connectivity index (χ0) is 87.5. The molecule has 0 saturated carbocycles. The van der Waals surface area contributed by atoms with Crippen molar-refractivity contribution in [1.82, 2.24) is 0 Å². The first kappa shape index (κ1) is 83.3. The van der Waals surface area contributed by atoms with Crippen molar-refractivity contribution < 1.29 is 26.9 Å². The molecule has 610 valence electrons. The van der Waals surface area contributed by atoms with Crippen molar-refractivity contribution in [1.29, 1.82) is 0 Å². The number of nitrogens with zero attached hydrogens (tertiary/aromatic N) is 5. The SMILES string of the molecule is Cc1cc(-c2cc3c(cc2C)C(C)(C)CCC3(C)C)[n+](C)cc1C.Cc1cc2c(cc1-c1cccc[n+]1C)C(C)(C)CCC2(C)C.Cc1ccc(-c2cc3c(c[n+]2C)C(C)(C)CCC3(C)C)c(C)c1.Cc1ccc(-c2cc3c(cc2C)C(C)(C)CCC3(C)C)[n+](C)c1.[2H]C([2H])([2H])c1ccc(-c2cc3c(cc2C)C(C)(C)CCC3(C)C)[n+](C)c1. The Bertz CT molecular complexity index is 5370. The maximum Gasteiger partial charge on any atom is 0.212 e. The molecular formula is C110H150N5+5. The molecule has 5 aromatic heterocycles. The van der Waals surface area contributed by atoms with Crippen molar-refractivity contribution in [2.45, 2.75) is 326 Å². The first-order valence-electron chi connectivity index (χ1n) is 45.0. The van der Waals surface area contributed by atoms with Gasteiger partial charge in [0, 0.05) is 90.6 Å². The minimum atomic E-state index is -2.08. The van der Waals surface area contributed by atoms with E-state index in [1.54, 1.807) is 29.0 Å². The van der Waals surface area contributed by atoms with Gasteiger partial charge in [-0.2, -0.15) is 0 Å². The van der Waals surface area contributed by atoms with Crippen LogP contribution in [0.15, 0.2) is 152 Å². The van der Waals surface area contributed by atoms with Crippen LogP contribution in [0.4, 0.5) is 0 Å². The molecule has 5 aliphatic carbocycles. The zero-order valence-corrected chi connectivity index (χ0v) is 78.2. The molecule has 5 heteroatoms. The van der Waals surface area contributed by atoms with Gasteiger partial charge in [0.1, 0.15) is 35.2 Å². The minimum Gasteiger partial charge on any atom is -0.201 e. The summed E-state index contributed by atoms with van der Waals surface area (Å²) in [5.74, 6) is 0. The predicted molar refractivity (Wildman–Crippen MR) is 489 cm³/mol. The molecule has 10 aromatic rings. The lowest BCUT2D eigenvalue weighted by Gasteiger charge is -2.42. The summed E-state index contributed by atoms with van der Waals surface area (Å²) >= 11 is 0. The summed E-state index contributed by atoms with van der Waals surface area (Å²) in [4.78, 5) is 0. The van der Waals surface area contributed by atoms with Crippen molar-refractivity contribution in [2.75, 3.05) is 0 Å². The lowest BCUT2D eigenvalue weighted by Crippen LogP contribution is -2.40. The second-order valence-corrected chi connectivity index (χ2v) is 43.1. The van der Waals surface area contributed by atoms with Gasteiger partial charge in [-0.25, -0.2) is 22.8 Å². The molecule has 0 radical (unpaired) electrons. The third-order valence-corrected chi connectivity index (χ3v) is 28.9. The van der Waals surface area contributed by atoms with E-state index in [4.69, 9.17) is 4.11 Å². The van der Waals surface area contributed by atoms with E-state index in [1.807, 2.05) is 17.7 Å². The molecule has 0 bridgehead atoms. The van der Waals surface area contributed by atoms with Crippen molar-refractivity contribution in [3.63, 3.8) is 0 Å². The van der Waals surface area contributed by atoms with E-state index < -0.39 is 6.85 Å². The Labute approximate surface area is 703 Å². The highest BCUT2D eigenvalue weighted by Gasteiger charge is 2.44. The van der Waals surface area contributed by atoms with Crippen LogP contribution >= 0.6 is 0 Å². The van der Waals surface area contributed by atoms with Gasteiger partial charge < -0.3 is 0 Å². The van der Waals surface area contributed by atoms with Gasteiger partial charge in [-0.05, 0) is 320 Å². The average Bonchev–Trinajstić information content (AvgIpc) is 0.762. The molecule has 0 saturated heterocycles. The van der Waals surface area contributed by atoms with Crippen LogP contribution in [0, 0.1) is 69.2 Å². The lowest BCUT2D eigenvalue weighted by molar-refractivity contribution is -0.661. The zero-order valence-electron chi connectivity index (χ0n) is 81.2. The van der Waals surface area contributed by atoms with Gasteiger partial charge in [-0.15, -0.1) is 0 Å². The van der Waals surface area contributed by atoms with E-state index in [-0.39, 0.29) is 54.1 Å². The topological polar surface area (TPSA) is 19.4 Å². The number of hydrogen-bond donors (Lipinski definition) is 0. The maximum atomic E-state index is 7.63. The monoisotopic (exact) mass is 1540 g/mol. The van der Waals surface area contributed by atoms with E-state index in [0.717, 1.165) is 5.69 Å². The second kappa shape index (κ2) is 31.6. The highest BCUT2D eigenvalue weighted by molar-refractivity contribution is 5.70. The minimum absolute atomic E-state index is 0.157. The molecule has 5 nitrogen and oxygen atoms in total. The van der Waals surface area contributed by atoms with Gasteiger partial charge in [0.15, 0.2) is 31.0 Å². The van der Waals surface area contributed by atoms with Crippen LogP contribution < -0.4 is 22.8 Å². The highest BCUT2D eigenvalue weighted by atomic mass is 14.9. The van der Waals surface area contributed by atoms with E-state index in [2.05, 4.69) is 381 Å². The molecule has 0 amide bonds. The lowest BCUT2D eigenvalue weighted by atomic mass is 9.62. The van der Waals surface area contributed by atoms with Crippen LogP contribution in [0.5, 0.6) is 0 Å². The first-order chi connectivity index (χ1) is 54.3. The Morgan fingerprint density at radius 1 is 0.217 bits per heavy atom. The Balaban J connectivity index is 0.000000145. The Morgan fingerprint density at radius 2 is 0.496 bits per heavy atom. The summed E-state index contributed by atoms with van der Waals surface area (Å²) in [6.45, 7) is 65.4. The third kappa shape index (κ3) is 17.9. The van der Waals surface area contributed by atoms with Crippen LogP contribution in [0.3, 0.4) is 0 Å². The maximum absolute atomic E-state index is 7.63. The van der Waals surface area contributed by atoms with E-state index in [1.165, 1.54) is 204 Å². The molecule has 15 rings (SSSR count). The summed E-state index contributed by atoms with van der Waals surface area (Å²) in [5.41, 5.74) is 43.1. The van der Waals surface area contributed by atoms with Gasteiger partial charge >= 0.3 is 0 Å². The Morgan fingerprint density at radius 3 is 0.843 bits per heavy atom. The molecule has 0 aliphatic heterocycles. The summed E-state index contributed by atoms with van der Waals surface area (Å²) in [6.07, 6.45) is 23.2. The van der Waals surface area contributed by atoms with Gasteiger partial charge in [0.2, 0.25) is 28.5 Å². The molecule has 0 fully saturated rings. The molecule has 5 heterocycles. The molecule has 0 unspecified atom stereocenters. The summed E-state index contributed by atoms with van der Waals surface area (Å²) < 4.78 is 33.9. The quantitative estimate of drug-likeness (QED) is 0.153. The molecule has 5 aliphatic rings. The van der Waals surface area contributed by atoms with E-state index in [0.29, 0.717) is 5.56 Å².